The first-order valence-electron chi connectivity index (χ1n) is 9.14. The minimum atomic E-state index is -3.57. The van der Waals surface area contributed by atoms with Crippen LogP contribution < -0.4 is 10.3 Å². The number of benzene rings is 1. The number of hydrogen-bond donors (Lipinski definition) is 2. The standard InChI is InChI=1S/C19H23N5O4S/c1-4-6-11-24-18(25)16(12-20)13(3)17(19(24)26)23-22-14-7-9-15(10-8-14)29(27,28)21-5-2/h7-10,21,26H,4-6,11H2,1-3H3/b23-22+. The molecule has 0 bridgehead atoms. The predicted octanol–water partition coefficient (Wildman–Crippen LogP) is 3.25. The SMILES string of the molecule is CCCCn1c(O)c(/N=N/c2ccc(S(=O)(=O)NCC)cc2)c(C)c(C#N)c1=O. The highest BCUT2D eigenvalue weighted by Gasteiger charge is 2.19. The average molecular weight is 417 g/mol. The lowest BCUT2D eigenvalue weighted by Crippen LogP contribution is -2.23. The number of unbranched alkanes of at least 4 members (excludes halogenated alkanes) is 1. The molecule has 9 nitrogen and oxygen atoms in total. The zero-order valence-electron chi connectivity index (χ0n) is 16.5. The molecule has 0 radical (unpaired) electrons. The first kappa shape index (κ1) is 22.3. The lowest BCUT2D eigenvalue weighted by Gasteiger charge is -2.12. The van der Waals surface area contributed by atoms with Gasteiger partial charge in [-0.15, -0.1) is 5.11 Å². The highest BCUT2D eigenvalue weighted by atomic mass is 32.2. The minimum absolute atomic E-state index is 0.0293. The van der Waals surface area contributed by atoms with E-state index >= 15 is 0 Å². The number of azo groups is 1. The Morgan fingerprint density at radius 2 is 1.86 bits per heavy atom. The Hall–Kier alpha value is -3.03. The van der Waals surface area contributed by atoms with E-state index in [1.807, 2.05) is 13.0 Å². The molecule has 0 aliphatic heterocycles. The molecule has 1 aromatic carbocycles. The van der Waals surface area contributed by atoms with Crippen LogP contribution in [0.3, 0.4) is 0 Å². The van der Waals surface area contributed by atoms with Gasteiger partial charge in [0.15, 0.2) is 5.69 Å². The molecule has 2 aromatic rings. The molecule has 154 valence electrons. The lowest BCUT2D eigenvalue weighted by atomic mass is 10.1. The topological polar surface area (TPSA) is 137 Å². The number of sulfonamides is 1. The van der Waals surface area contributed by atoms with Crippen LogP contribution in [0.2, 0.25) is 0 Å². The van der Waals surface area contributed by atoms with Gasteiger partial charge in [-0.25, -0.2) is 13.1 Å². The third-order valence-corrected chi connectivity index (χ3v) is 5.81. The number of aromatic nitrogens is 1. The summed E-state index contributed by atoms with van der Waals surface area (Å²) in [4.78, 5) is 12.5. The van der Waals surface area contributed by atoms with E-state index < -0.39 is 15.6 Å². The lowest BCUT2D eigenvalue weighted by molar-refractivity contribution is 0.402. The van der Waals surface area contributed by atoms with Gasteiger partial charge in [0.1, 0.15) is 11.6 Å². The van der Waals surface area contributed by atoms with Crippen molar-refractivity contribution < 1.29 is 13.5 Å². The molecule has 0 saturated heterocycles. The first-order valence-corrected chi connectivity index (χ1v) is 10.6. The molecule has 1 heterocycles. The van der Waals surface area contributed by atoms with Gasteiger partial charge in [0, 0.05) is 18.7 Å². The number of hydrogen-bond acceptors (Lipinski definition) is 7. The quantitative estimate of drug-likeness (QED) is 0.635. The molecule has 1 aromatic heterocycles. The van der Waals surface area contributed by atoms with Crippen molar-refractivity contribution in [2.24, 2.45) is 10.2 Å². The summed E-state index contributed by atoms with van der Waals surface area (Å²) in [6.45, 7) is 5.68. The normalized spacial score (nSPS) is 11.7. The molecule has 0 spiro atoms. The second kappa shape index (κ2) is 9.45. The van der Waals surface area contributed by atoms with Crippen molar-refractivity contribution in [2.45, 2.75) is 45.1 Å². The van der Waals surface area contributed by atoms with Crippen molar-refractivity contribution in [2.75, 3.05) is 6.54 Å². The number of nitrogens with one attached hydrogen (secondary N) is 1. The molecule has 2 N–H and O–H groups in total. The van der Waals surface area contributed by atoms with Crippen molar-refractivity contribution in [1.82, 2.24) is 9.29 Å². The Bertz CT molecular complexity index is 1110. The average Bonchev–Trinajstić information content (AvgIpc) is 2.68. The second-order valence-electron chi connectivity index (χ2n) is 6.29. The summed E-state index contributed by atoms with van der Waals surface area (Å²) in [5.74, 6) is -0.352. The molecule has 0 aliphatic carbocycles. The summed E-state index contributed by atoms with van der Waals surface area (Å²) < 4.78 is 27.5. The monoisotopic (exact) mass is 417 g/mol. The van der Waals surface area contributed by atoms with Gasteiger partial charge in [-0.1, -0.05) is 20.3 Å². The van der Waals surface area contributed by atoms with Crippen molar-refractivity contribution >= 4 is 21.4 Å². The van der Waals surface area contributed by atoms with E-state index in [1.165, 1.54) is 31.2 Å². The highest BCUT2D eigenvalue weighted by Crippen LogP contribution is 2.32. The molecule has 0 aliphatic rings. The van der Waals surface area contributed by atoms with Gasteiger partial charge in [0.2, 0.25) is 15.9 Å². The van der Waals surface area contributed by atoms with Crippen molar-refractivity contribution in [3.63, 3.8) is 0 Å². The third kappa shape index (κ3) is 4.88. The zero-order valence-corrected chi connectivity index (χ0v) is 17.3. The van der Waals surface area contributed by atoms with E-state index in [9.17, 15) is 23.6 Å². The molecule has 0 unspecified atom stereocenters. The Kier molecular flexibility index (Phi) is 7.25. The molecule has 2 rings (SSSR count). The van der Waals surface area contributed by atoms with Gasteiger partial charge < -0.3 is 5.11 Å². The molecular formula is C19H23N5O4S. The molecule has 0 amide bonds. The summed E-state index contributed by atoms with van der Waals surface area (Å²) in [5, 5.41) is 27.9. The Morgan fingerprint density at radius 3 is 2.41 bits per heavy atom. The zero-order chi connectivity index (χ0) is 21.6. The summed E-state index contributed by atoms with van der Waals surface area (Å²) in [5.41, 5.74) is -0.0451. The second-order valence-corrected chi connectivity index (χ2v) is 8.06. The number of rotatable bonds is 8. The molecule has 0 saturated carbocycles. The number of nitrogens with zero attached hydrogens (tertiary/aromatic N) is 4. The Morgan fingerprint density at radius 1 is 1.21 bits per heavy atom. The van der Waals surface area contributed by atoms with Crippen LogP contribution in [0.15, 0.2) is 44.2 Å². The molecular weight excluding hydrogens is 394 g/mol. The van der Waals surface area contributed by atoms with Gasteiger partial charge in [0.05, 0.1) is 10.6 Å². The van der Waals surface area contributed by atoms with E-state index in [1.54, 1.807) is 6.92 Å². The molecule has 29 heavy (non-hydrogen) atoms. The fraction of sp³-hybridized carbons (Fsp3) is 0.368. The summed E-state index contributed by atoms with van der Waals surface area (Å²) in [7, 11) is -3.57. The number of aromatic hydroxyl groups is 1. The highest BCUT2D eigenvalue weighted by molar-refractivity contribution is 7.89. The van der Waals surface area contributed by atoms with E-state index in [0.717, 1.165) is 11.0 Å². The maximum absolute atomic E-state index is 12.4. The fourth-order valence-corrected chi connectivity index (χ4v) is 3.69. The fourth-order valence-electron chi connectivity index (χ4n) is 2.65. The maximum atomic E-state index is 12.4. The van der Waals surface area contributed by atoms with Crippen molar-refractivity contribution in [3.8, 4) is 11.9 Å². The molecule has 0 fully saturated rings. The van der Waals surface area contributed by atoms with Crippen LogP contribution in [0.5, 0.6) is 5.88 Å². The van der Waals surface area contributed by atoms with E-state index in [0.29, 0.717) is 12.1 Å². The number of pyridine rings is 1. The van der Waals surface area contributed by atoms with E-state index in [-0.39, 0.29) is 40.7 Å². The molecule has 10 heteroatoms. The predicted molar refractivity (Wildman–Crippen MR) is 108 cm³/mol. The van der Waals surface area contributed by atoms with Gasteiger partial charge >= 0.3 is 0 Å². The minimum Gasteiger partial charge on any atom is -0.493 e. The van der Waals surface area contributed by atoms with E-state index in [2.05, 4.69) is 15.0 Å². The van der Waals surface area contributed by atoms with Crippen LogP contribution in [-0.2, 0) is 16.6 Å². The molecule has 0 atom stereocenters. The Balaban J connectivity index is 2.44. The van der Waals surface area contributed by atoms with Crippen LogP contribution in [0.25, 0.3) is 0 Å². The van der Waals surface area contributed by atoms with Gasteiger partial charge in [-0.3, -0.25) is 9.36 Å². The van der Waals surface area contributed by atoms with Crippen molar-refractivity contribution in [1.29, 1.82) is 5.26 Å². The van der Waals surface area contributed by atoms with Gasteiger partial charge in [-0.05, 0) is 37.6 Å². The summed E-state index contributed by atoms with van der Waals surface area (Å²) >= 11 is 0. The van der Waals surface area contributed by atoms with Gasteiger partial charge in [0.25, 0.3) is 5.56 Å². The maximum Gasteiger partial charge on any atom is 0.271 e. The van der Waals surface area contributed by atoms with Crippen LogP contribution in [0.4, 0.5) is 11.4 Å². The van der Waals surface area contributed by atoms with Crippen LogP contribution in [0, 0.1) is 18.3 Å². The third-order valence-electron chi connectivity index (χ3n) is 4.25. The van der Waals surface area contributed by atoms with E-state index in [4.69, 9.17) is 0 Å². The van der Waals surface area contributed by atoms with Crippen molar-refractivity contribution in [3.05, 3.63) is 45.7 Å². The summed E-state index contributed by atoms with van der Waals surface area (Å²) in [6, 6.07) is 7.59. The first-order chi connectivity index (χ1) is 13.8. The summed E-state index contributed by atoms with van der Waals surface area (Å²) in [6.07, 6.45) is 1.46. The van der Waals surface area contributed by atoms with Crippen LogP contribution in [0.1, 0.15) is 37.8 Å². The number of nitriles is 1. The van der Waals surface area contributed by atoms with Crippen LogP contribution in [-0.4, -0.2) is 24.6 Å². The van der Waals surface area contributed by atoms with Crippen LogP contribution >= 0.6 is 0 Å². The van der Waals surface area contributed by atoms with Gasteiger partial charge in [-0.2, -0.15) is 10.4 Å². The largest absolute Gasteiger partial charge is 0.493 e. The smallest absolute Gasteiger partial charge is 0.271 e. The Labute approximate surface area is 169 Å².